The normalized spacial score (nSPS) is 10.1. The molecule has 0 amide bonds. The van der Waals surface area contributed by atoms with E-state index in [2.05, 4.69) is 18.5 Å². The van der Waals surface area contributed by atoms with E-state index in [9.17, 15) is 22.8 Å². The standard InChI is InChI=1S/C4H7N.5CH5O3P.2H3N/c1-3-5-4-2;5*1-5(2,3)4;;/h3-5H,1-2H2;5*1H3,(H2,2,3,4);2*1H3. The van der Waals surface area contributed by atoms with Crippen LogP contribution in [0, 0.1) is 0 Å². The van der Waals surface area contributed by atoms with E-state index in [1.54, 1.807) is 12.4 Å². The minimum Gasteiger partial charge on any atom is -0.369 e. The molecule has 0 saturated carbocycles. The Morgan fingerprint density at radius 1 is 0.469 bits per heavy atom. The molecule has 204 valence electrons. The fraction of sp³-hybridized carbons (Fsp3) is 0.556. The fourth-order valence-electron chi connectivity index (χ4n) is 0.0833. The van der Waals surface area contributed by atoms with Crippen LogP contribution in [0.4, 0.5) is 0 Å². The topological polar surface area (TPSA) is 370 Å². The molecule has 18 nitrogen and oxygen atoms in total. The highest BCUT2D eigenvalue weighted by Gasteiger charge is 1.97. The van der Waals surface area contributed by atoms with E-state index in [0.717, 1.165) is 33.3 Å². The Labute approximate surface area is 186 Å². The minimum atomic E-state index is -3.64. The molecule has 0 heterocycles. The van der Waals surface area contributed by atoms with E-state index in [1.807, 2.05) is 0 Å². The van der Waals surface area contributed by atoms with E-state index in [-0.39, 0.29) is 12.3 Å². The molecule has 0 unspecified atom stereocenters. The molecule has 0 aliphatic rings. The molecular formula is C9H38N3O15P5. The molecule has 0 aliphatic carbocycles. The molecule has 0 aliphatic heterocycles. The van der Waals surface area contributed by atoms with Gasteiger partial charge in [-0.25, -0.2) is 0 Å². The largest absolute Gasteiger partial charge is 0.369 e. The molecule has 0 spiro atoms. The van der Waals surface area contributed by atoms with Crippen molar-refractivity contribution in [2.75, 3.05) is 33.3 Å². The van der Waals surface area contributed by atoms with Crippen molar-refractivity contribution in [3.8, 4) is 0 Å². The van der Waals surface area contributed by atoms with E-state index < -0.39 is 38.0 Å². The van der Waals surface area contributed by atoms with Crippen LogP contribution in [-0.4, -0.2) is 82.3 Å². The Balaban J connectivity index is -0.0000000356. The Morgan fingerprint density at radius 3 is 0.531 bits per heavy atom. The maximum absolute atomic E-state index is 9.33. The summed E-state index contributed by atoms with van der Waals surface area (Å²) >= 11 is 0. The molecule has 0 rings (SSSR count). The van der Waals surface area contributed by atoms with Crippen LogP contribution >= 0.6 is 38.0 Å². The van der Waals surface area contributed by atoms with E-state index >= 15 is 0 Å². The molecule has 0 atom stereocenters. The SMILES string of the molecule is C=CNC=C.CP(=O)(O)O.CP(=O)(O)O.CP(=O)(O)O.CP(=O)(O)O.CP(=O)(O)O.N.N. The first-order valence-electron chi connectivity index (χ1n) is 6.54. The maximum Gasteiger partial charge on any atom is 0.322 e. The summed E-state index contributed by atoms with van der Waals surface area (Å²) in [6.07, 6.45) is 3.12. The van der Waals surface area contributed by atoms with Gasteiger partial charge in [-0.05, 0) is 12.4 Å². The molecule has 17 N–H and O–H groups in total. The second-order valence-corrected chi connectivity index (χ2v) is 13.1. The zero-order valence-corrected chi connectivity index (χ0v) is 22.7. The van der Waals surface area contributed by atoms with E-state index in [4.69, 9.17) is 48.9 Å². The molecule has 0 aromatic heterocycles. The Hall–Kier alpha value is -0.0500. The maximum atomic E-state index is 9.33. The summed E-state index contributed by atoms with van der Waals surface area (Å²) in [4.78, 5) is 76.3. The Bertz CT molecular complexity index is 494. The third-order valence-electron chi connectivity index (χ3n) is 0.236. The lowest BCUT2D eigenvalue weighted by Crippen LogP contribution is -1.85. The van der Waals surface area contributed by atoms with Gasteiger partial charge in [0, 0.05) is 33.3 Å². The molecule has 23 heteroatoms. The van der Waals surface area contributed by atoms with Crippen LogP contribution < -0.4 is 17.6 Å². The first kappa shape index (κ1) is 53.4. The smallest absolute Gasteiger partial charge is 0.322 e. The quantitative estimate of drug-likeness (QED) is 0.192. The van der Waals surface area contributed by atoms with Crippen molar-refractivity contribution in [1.29, 1.82) is 0 Å². The molecule has 32 heavy (non-hydrogen) atoms. The summed E-state index contributed by atoms with van der Waals surface area (Å²) in [7, 11) is -18.2. The van der Waals surface area contributed by atoms with Gasteiger partial charge in [0.15, 0.2) is 0 Å². The molecular weight excluding hydrogens is 545 g/mol. The van der Waals surface area contributed by atoms with Crippen LogP contribution in [-0.2, 0) is 22.8 Å². The molecule has 0 aromatic rings. The summed E-state index contributed by atoms with van der Waals surface area (Å²) < 4.78 is 46.6. The highest BCUT2D eigenvalue weighted by molar-refractivity contribution is 7.51. The van der Waals surface area contributed by atoms with E-state index in [1.165, 1.54) is 0 Å². The van der Waals surface area contributed by atoms with Crippen LogP contribution in [0.15, 0.2) is 25.6 Å². The Kier molecular flexibility index (Phi) is 42.6. The highest BCUT2D eigenvalue weighted by atomic mass is 31.2. The van der Waals surface area contributed by atoms with Gasteiger partial charge in [-0.3, -0.25) is 22.8 Å². The van der Waals surface area contributed by atoms with Crippen LogP contribution in [0.2, 0.25) is 0 Å². The average Bonchev–Trinajstić information content (AvgIpc) is 2.16. The second kappa shape index (κ2) is 25.6. The summed E-state index contributed by atoms with van der Waals surface area (Å²) in [6, 6.07) is 0. The van der Waals surface area contributed by atoms with Crippen LogP contribution in [0.25, 0.3) is 0 Å². The van der Waals surface area contributed by atoms with Crippen molar-refractivity contribution in [2.45, 2.75) is 0 Å². The molecule has 0 saturated heterocycles. The van der Waals surface area contributed by atoms with Gasteiger partial charge >= 0.3 is 38.0 Å². The first-order valence-corrected chi connectivity index (χ1v) is 16.8. The van der Waals surface area contributed by atoms with Crippen LogP contribution in [0.3, 0.4) is 0 Å². The van der Waals surface area contributed by atoms with Gasteiger partial charge < -0.3 is 66.6 Å². The number of hydrogen-bond donors (Lipinski definition) is 13. The molecule has 0 fully saturated rings. The molecule has 0 radical (unpaired) electrons. The molecule has 0 aromatic carbocycles. The van der Waals surface area contributed by atoms with Gasteiger partial charge in [-0.15, -0.1) is 0 Å². The van der Waals surface area contributed by atoms with Gasteiger partial charge in [0.2, 0.25) is 0 Å². The highest BCUT2D eigenvalue weighted by Crippen LogP contribution is 2.28. The van der Waals surface area contributed by atoms with Crippen molar-refractivity contribution in [2.24, 2.45) is 0 Å². The summed E-state index contributed by atoms with van der Waals surface area (Å²) in [6.45, 7) is 11.0. The third kappa shape index (κ3) is 6600. The monoisotopic (exact) mass is 583 g/mol. The predicted molar refractivity (Wildman–Crippen MR) is 123 cm³/mol. The number of nitrogens with one attached hydrogen (secondary N) is 1. The first-order chi connectivity index (χ1) is 12.4. The average molecular weight is 583 g/mol. The summed E-state index contributed by atoms with van der Waals surface area (Å²) in [5, 5.41) is 2.64. The van der Waals surface area contributed by atoms with Crippen molar-refractivity contribution >= 4 is 38.0 Å². The van der Waals surface area contributed by atoms with Crippen molar-refractivity contribution < 1.29 is 71.8 Å². The summed E-state index contributed by atoms with van der Waals surface area (Å²) in [5.41, 5.74) is 0. The van der Waals surface area contributed by atoms with Crippen molar-refractivity contribution in [3.63, 3.8) is 0 Å². The predicted octanol–water partition coefficient (Wildman–Crippen LogP) is 0.156. The van der Waals surface area contributed by atoms with Crippen molar-refractivity contribution in [3.05, 3.63) is 25.6 Å². The van der Waals surface area contributed by atoms with Crippen LogP contribution in [0.1, 0.15) is 0 Å². The van der Waals surface area contributed by atoms with Gasteiger partial charge in [0.05, 0.1) is 0 Å². The van der Waals surface area contributed by atoms with E-state index in [0.29, 0.717) is 0 Å². The van der Waals surface area contributed by atoms with Crippen LogP contribution in [0.5, 0.6) is 0 Å². The summed E-state index contributed by atoms with van der Waals surface area (Å²) in [5.74, 6) is 0. The lowest BCUT2D eigenvalue weighted by Gasteiger charge is -1.84. The van der Waals surface area contributed by atoms with Gasteiger partial charge in [0.1, 0.15) is 0 Å². The van der Waals surface area contributed by atoms with Gasteiger partial charge in [-0.2, -0.15) is 0 Å². The molecule has 0 bridgehead atoms. The fourth-order valence-corrected chi connectivity index (χ4v) is 0.0833. The van der Waals surface area contributed by atoms with Gasteiger partial charge in [-0.1, -0.05) is 13.2 Å². The third-order valence-corrected chi connectivity index (χ3v) is 0.236. The van der Waals surface area contributed by atoms with Gasteiger partial charge in [0.25, 0.3) is 0 Å². The minimum absolute atomic E-state index is 0. The lowest BCUT2D eigenvalue weighted by molar-refractivity contribution is 0.379. The van der Waals surface area contributed by atoms with Crippen molar-refractivity contribution in [1.82, 2.24) is 17.6 Å². The number of hydrogen-bond acceptors (Lipinski definition) is 8. The number of rotatable bonds is 2. The zero-order chi connectivity index (χ0) is 26.6. The Morgan fingerprint density at radius 2 is 0.531 bits per heavy atom. The zero-order valence-electron chi connectivity index (χ0n) is 18.2. The second-order valence-electron chi connectivity index (χ2n) is 4.75. The lowest BCUT2D eigenvalue weighted by atomic mass is 10.9.